The number of piperidine rings is 1. The summed E-state index contributed by atoms with van der Waals surface area (Å²) in [6.07, 6.45) is 5.35. The Balaban J connectivity index is 1.44. The third-order valence-electron chi connectivity index (χ3n) is 6.07. The van der Waals surface area contributed by atoms with Crippen LogP contribution in [-0.2, 0) is 9.59 Å². The molecule has 0 radical (unpaired) electrons. The van der Waals surface area contributed by atoms with Gasteiger partial charge >= 0.3 is 0 Å². The van der Waals surface area contributed by atoms with Crippen molar-refractivity contribution in [3.8, 4) is 0 Å². The third kappa shape index (κ3) is 3.53. The molecule has 2 saturated carbocycles. The molecule has 2 amide bonds. The van der Waals surface area contributed by atoms with Gasteiger partial charge in [0.25, 0.3) is 0 Å². The number of fused-ring (bicyclic) bond motifs is 2. The van der Waals surface area contributed by atoms with Gasteiger partial charge in [-0.25, -0.2) is 0 Å². The highest BCUT2D eigenvalue weighted by atomic mass is 16.2. The number of nitrogens with zero attached hydrogens (tertiary/aromatic N) is 2. The van der Waals surface area contributed by atoms with E-state index < -0.39 is 0 Å². The number of carbonyl (C=O) groups is 2. The standard InChI is InChI=1S/C17H30N4O2/c1-20(2)14(22)10-21-7-5-13(6-8-21)19-17(23)15-11-3-4-12(9-11)16(15)18/h11-13,15-16H,3-10,18H2,1-2H3,(H,19,23). The fraction of sp³-hybridized carbons (Fsp3) is 0.882. The number of rotatable bonds is 4. The van der Waals surface area contributed by atoms with Gasteiger partial charge in [0, 0.05) is 39.3 Å². The summed E-state index contributed by atoms with van der Waals surface area (Å²) in [5.41, 5.74) is 6.26. The Morgan fingerprint density at radius 1 is 1.13 bits per heavy atom. The van der Waals surface area contributed by atoms with Gasteiger partial charge in [0.15, 0.2) is 0 Å². The summed E-state index contributed by atoms with van der Waals surface area (Å²) in [5.74, 6) is 1.41. The van der Waals surface area contributed by atoms with Gasteiger partial charge in [0.1, 0.15) is 0 Å². The molecule has 0 spiro atoms. The third-order valence-corrected chi connectivity index (χ3v) is 6.07. The van der Waals surface area contributed by atoms with Crippen LogP contribution in [0.15, 0.2) is 0 Å². The van der Waals surface area contributed by atoms with E-state index in [0.717, 1.165) is 32.4 Å². The van der Waals surface area contributed by atoms with Crippen molar-refractivity contribution in [2.75, 3.05) is 33.7 Å². The van der Waals surface area contributed by atoms with E-state index in [0.29, 0.717) is 18.4 Å². The summed E-state index contributed by atoms with van der Waals surface area (Å²) in [5, 5.41) is 3.23. The monoisotopic (exact) mass is 322 g/mol. The highest BCUT2D eigenvalue weighted by molar-refractivity contribution is 5.80. The van der Waals surface area contributed by atoms with E-state index in [-0.39, 0.29) is 29.8 Å². The lowest BCUT2D eigenvalue weighted by Crippen LogP contribution is -2.51. The van der Waals surface area contributed by atoms with Crippen LogP contribution in [0.3, 0.4) is 0 Å². The number of nitrogens with two attached hydrogens (primary N) is 1. The smallest absolute Gasteiger partial charge is 0.236 e. The summed E-state index contributed by atoms with van der Waals surface area (Å²) in [6, 6.07) is 0.297. The molecule has 3 fully saturated rings. The lowest BCUT2D eigenvalue weighted by Gasteiger charge is -2.34. The number of nitrogens with one attached hydrogen (secondary N) is 1. The maximum Gasteiger partial charge on any atom is 0.236 e. The molecule has 3 N–H and O–H groups in total. The highest BCUT2D eigenvalue weighted by Crippen LogP contribution is 2.47. The first-order chi connectivity index (χ1) is 11.0. The van der Waals surface area contributed by atoms with Crippen LogP contribution in [0.4, 0.5) is 0 Å². The summed E-state index contributed by atoms with van der Waals surface area (Å²) in [7, 11) is 3.57. The van der Waals surface area contributed by atoms with Crippen molar-refractivity contribution in [2.45, 2.75) is 44.2 Å². The van der Waals surface area contributed by atoms with Crippen molar-refractivity contribution in [1.29, 1.82) is 0 Å². The normalized spacial score (nSPS) is 34.6. The van der Waals surface area contributed by atoms with Gasteiger partial charge in [-0.2, -0.15) is 0 Å². The molecule has 0 aromatic carbocycles. The minimum absolute atomic E-state index is 0.0297. The van der Waals surface area contributed by atoms with Crippen LogP contribution in [0.25, 0.3) is 0 Å². The first-order valence-electron chi connectivity index (χ1n) is 8.94. The molecule has 4 unspecified atom stereocenters. The number of likely N-dealkylation sites (N-methyl/N-ethyl adjacent to an activating group) is 1. The molecule has 2 bridgehead atoms. The summed E-state index contributed by atoms with van der Waals surface area (Å²) in [4.78, 5) is 28.2. The van der Waals surface area contributed by atoms with Crippen molar-refractivity contribution in [2.24, 2.45) is 23.5 Å². The zero-order valence-electron chi connectivity index (χ0n) is 14.3. The zero-order chi connectivity index (χ0) is 16.6. The van der Waals surface area contributed by atoms with Crippen molar-refractivity contribution in [1.82, 2.24) is 15.1 Å². The largest absolute Gasteiger partial charge is 0.353 e. The molecule has 23 heavy (non-hydrogen) atoms. The van der Waals surface area contributed by atoms with E-state index >= 15 is 0 Å². The van der Waals surface area contributed by atoms with E-state index in [4.69, 9.17) is 5.73 Å². The molecule has 0 aromatic heterocycles. The average molecular weight is 322 g/mol. The lowest BCUT2D eigenvalue weighted by atomic mass is 9.84. The fourth-order valence-electron chi connectivity index (χ4n) is 4.59. The van der Waals surface area contributed by atoms with Gasteiger partial charge in [-0.1, -0.05) is 0 Å². The Bertz CT molecular complexity index is 458. The number of hydrogen-bond donors (Lipinski definition) is 2. The molecule has 1 saturated heterocycles. The van der Waals surface area contributed by atoms with E-state index in [9.17, 15) is 9.59 Å². The van der Waals surface area contributed by atoms with E-state index in [1.807, 2.05) is 0 Å². The maximum absolute atomic E-state index is 12.6. The fourth-order valence-corrected chi connectivity index (χ4v) is 4.59. The number of hydrogen-bond acceptors (Lipinski definition) is 4. The van der Waals surface area contributed by atoms with Gasteiger partial charge < -0.3 is 16.0 Å². The highest BCUT2D eigenvalue weighted by Gasteiger charge is 2.49. The minimum Gasteiger partial charge on any atom is -0.353 e. The molecule has 4 atom stereocenters. The Labute approximate surface area is 138 Å². The van der Waals surface area contributed by atoms with Crippen molar-refractivity contribution >= 4 is 11.8 Å². The molecule has 3 rings (SSSR count). The first-order valence-corrected chi connectivity index (χ1v) is 8.94. The summed E-state index contributed by atoms with van der Waals surface area (Å²) in [6.45, 7) is 2.21. The van der Waals surface area contributed by atoms with E-state index in [1.165, 1.54) is 12.8 Å². The van der Waals surface area contributed by atoms with Crippen LogP contribution in [-0.4, -0.2) is 67.4 Å². The molecular formula is C17H30N4O2. The SMILES string of the molecule is CN(C)C(=O)CN1CCC(NC(=O)C2C3CCC(C3)C2N)CC1. The van der Waals surface area contributed by atoms with Crippen LogP contribution >= 0.6 is 0 Å². The second-order valence-corrected chi connectivity index (χ2v) is 7.78. The Kier molecular flexibility index (Phi) is 4.92. The number of amides is 2. The van der Waals surface area contributed by atoms with Gasteiger partial charge in [0.05, 0.1) is 12.5 Å². The Morgan fingerprint density at radius 3 is 2.35 bits per heavy atom. The van der Waals surface area contributed by atoms with Crippen molar-refractivity contribution < 1.29 is 9.59 Å². The predicted octanol–water partition coefficient (Wildman–Crippen LogP) is 0.0286. The van der Waals surface area contributed by atoms with Gasteiger partial charge in [-0.3, -0.25) is 14.5 Å². The van der Waals surface area contributed by atoms with Crippen LogP contribution in [0.2, 0.25) is 0 Å². The molecule has 6 heteroatoms. The van der Waals surface area contributed by atoms with Crippen LogP contribution < -0.4 is 11.1 Å². The summed E-state index contributed by atoms with van der Waals surface area (Å²) >= 11 is 0. The van der Waals surface area contributed by atoms with Crippen molar-refractivity contribution in [3.63, 3.8) is 0 Å². The maximum atomic E-state index is 12.6. The molecule has 1 aliphatic heterocycles. The average Bonchev–Trinajstić information content (AvgIpc) is 3.09. The molecule has 3 aliphatic rings. The first kappa shape index (κ1) is 16.7. The molecule has 130 valence electrons. The van der Waals surface area contributed by atoms with E-state index in [1.54, 1.807) is 19.0 Å². The molecule has 6 nitrogen and oxygen atoms in total. The minimum atomic E-state index is 0.0297. The Morgan fingerprint density at radius 2 is 1.78 bits per heavy atom. The molecule has 0 aromatic rings. The quantitative estimate of drug-likeness (QED) is 0.765. The van der Waals surface area contributed by atoms with Crippen LogP contribution in [0.5, 0.6) is 0 Å². The molecule has 1 heterocycles. The second kappa shape index (κ2) is 6.77. The predicted molar refractivity (Wildman–Crippen MR) is 88.6 cm³/mol. The summed E-state index contributed by atoms with van der Waals surface area (Å²) < 4.78 is 0. The molecule has 2 aliphatic carbocycles. The van der Waals surface area contributed by atoms with Crippen molar-refractivity contribution in [3.05, 3.63) is 0 Å². The number of carbonyl (C=O) groups excluding carboxylic acids is 2. The zero-order valence-corrected chi connectivity index (χ0v) is 14.3. The Hall–Kier alpha value is -1.14. The van der Waals surface area contributed by atoms with Gasteiger partial charge in [-0.05, 0) is 43.9 Å². The van der Waals surface area contributed by atoms with Crippen LogP contribution in [0, 0.1) is 17.8 Å². The van der Waals surface area contributed by atoms with Crippen LogP contribution in [0.1, 0.15) is 32.1 Å². The van der Waals surface area contributed by atoms with Gasteiger partial charge in [0.2, 0.25) is 11.8 Å². The number of likely N-dealkylation sites (tertiary alicyclic amines) is 1. The topological polar surface area (TPSA) is 78.7 Å². The van der Waals surface area contributed by atoms with Gasteiger partial charge in [-0.15, -0.1) is 0 Å². The lowest BCUT2D eigenvalue weighted by molar-refractivity contribution is -0.131. The second-order valence-electron chi connectivity index (χ2n) is 7.78. The van der Waals surface area contributed by atoms with E-state index in [2.05, 4.69) is 10.2 Å². The molecular weight excluding hydrogens is 292 g/mol.